The van der Waals surface area contributed by atoms with Crippen LogP contribution in [0, 0.1) is 17.5 Å². The van der Waals surface area contributed by atoms with Crippen molar-refractivity contribution in [2.75, 3.05) is 10.6 Å². The van der Waals surface area contributed by atoms with Crippen LogP contribution in [0.25, 0.3) is 0 Å². The second kappa shape index (κ2) is 7.09. The van der Waals surface area contributed by atoms with Gasteiger partial charge in [0.25, 0.3) is 0 Å². The molecular formula is C17H11F3N4O2. The zero-order valence-electron chi connectivity index (χ0n) is 13.0. The van der Waals surface area contributed by atoms with Gasteiger partial charge in [-0.1, -0.05) is 12.1 Å². The molecule has 0 unspecified atom stereocenters. The van der Waals surface area contributed by atoms with Crippen molar-refractivity contribution in [1.29, 1.82) is 0 Å². The first kappa shape index (κ1) is 17.2. The summed E-state index contributed by atoms with van der Waals surface area (Å²) in [6, 6.07) is 9.43. The third kappa shape index (κ3) is 3.56. The van der Waals surface area contributed by atoms with E-state index in [1.165, 1.54) is 18.3 Å². The SMILES string of the molecule is O=C(O)c1ccccc1Nc1ccnc(Nc2ccc(F)c(F)c2F)n1. The molecule has 3 N–H and O–H groups in total. The van der Waals surface area contributed by atoms with Gasteiger partial charge in [0.05, 0.1) is 16.9 Å². The van der Waals surface area contributed by atoms with Crippen molar-refractivity contribution >= 4 is 29.1 Å². The molecule has 0 amide bonds. The predicted molar refractivity (Wildman–Crippen MR) is 88.3 cm³/mol. The lowest BCUT2D eigenvalue weighted by Gasteiger charge is -2.11. The topological polar surface area (TPSA) is 87.1 Å². The van der Waals surface area contributed by atoms with Crippen LogP contribution < -0.4 is 10.6 Å². The molecule has 1 heterocycles. The molecule has 3 rings (SSSR count). The molecule has 1 aromatic heterocycles. The number of carboxylic acids is 1. The van der Waals surface area contributed by atoms with Gasteiger partial charge in [-0.05, 0) is 30.3 Å². The third-order valence-corrected chi connectivity index (χ3v) is 3.36. The first-order chi connectivity index (χ1) is 12.5. The smallest absolute Gasteiger partial charge is 0.337 e. The number of aromatic nitrogens is 2. The Morgan fingerprint density at radius 2 is 1.69 bits per heavy atom. The highest BCUT2D eigenvalue weighted by Gasteiger charge is 2.15. The fraction of sp³-hybridized carbons (Fsp3) is 0. The Morgan fingerprint density at radius 3 is 2.46 bits per heavy atom. The first-order valence-electron chi connectivity index (χ1n) is 7.28. The van der Waals surface area contributed by atoms with E-state index in [2.05, 4.69) is 20.6 Å². The number of aromatic carboxylic acids is 1. The number of carbonyl (C=O) groups is 1. The van der Waals surface area contributed by atoms with E-state index < -0.39 is 23.4 Å². The van der Waals surface area contributed by atoms with E-state index in [1.807, 2.05) is 0 Å². The van der Waals surface area contributed by atoms with Crippen molar-refractivity contribution in [3.8, 4) is 0 Å². The lowest BCUT2D eigenvalue weighted by atomic mass is 10.2. The van der Waals surface area contributed by atoms with E-state index in [0.717, 1.165) is 12.1 Å². The van der Waals surface area contributed by atoms with Crippen molar-refractivity contribution in [3.63, 3.8) is 0 Å². The molecule has 9 heteroatoms. The molecule has 26 heavy (non-hydrogen) atoms. The van der Waals surface area contributed by atoms with Gasteiger partial charge in [0, 0.05) is 6.20 Å². The number of benzene rings is 2. The maximum atomic E-state index is 13.7. The second-order valence-electron chi connectivity index (χ2n) is 5.09. The van der Waals surface area contributed by atoms with Crippen molar-refractivity contribution < 1.29 is 23.1 Å². The Morgan fingerprint density at radius 1 is 0.923 bits per heavy atom. The third-order valence-electron chi connectivity index (χ3n) is 3.36. The van der Waals surface area contributed by atoms with Crippen molar-refractivity contribution in [1.82, 2.24) is 9.97 Å². The summed E-state index contributed by atoms with van der Waals surface area (Å²) in [7, 11) is 0. The molecule has 0 saturated heterocycles. The minimum absolute atomic E-state index is 0.0345. The molecule has 0 spiro atoms. The monoisotopic (exact) mass is 360 g/mol. The minimum atomic E-state index is -1.61. The minimum Gasteiger partial charge on any atom is -0.478 e. The van der Waals surface area contributed by atoms with Gasteiger partial charge in [0.1, 0.15) is 5.82 Å². The lowest BCUT2D eigenvalue weighted by molar-refractivity contribution is 0.0698. The molecule has 132 valence electrons. The maximum absolute atomic E-state index is 13.7. The molecule has 0 atom stereocenters. The van der Waals surface area contributed by atoms with Gasteiger partial charge >= 0.3 is 5.97 Å². The van der Waals surface area contributed by atoms with E-state index in [-0.39, 0.29) is 23.0 Å². The number of nitrogens with zero attached hydrogens (tertiary/aromatic N) is 2. The second-order valence-corrected chi connectivity index (χ2v) is 5.09. The standard InChI is InChI=1S/C17H11F3N4O2/c18-10-5-6-12(15(20)14(10)19)23-17-21-8-7-13(24-17)22-11-4-2-1-3-9(11)16(25)26/h1-8H,(H,25,26)(H2,21,22,23,24). The van der Waals surface area contributed by atoms with Gasteiger partial charge in [-0.15, -0.1) is 0 Å². The summed E-state index contributed by atoms with van der Waals surface area (Å²) in [4.78, 5) is 19.1. The van der Waals surface area contributed by atoms with E-state index in [4.69, 9.17) is 0 Å². The number of halogens is 3. The summed E-state index contributed by atoms with van der Waals surface area (Å²) in [6.07, 6.45) is 1.33. The molecule has 0 radical (unpaired) electrons. The summed E-state index contributed by atoms with van der Waals surface area (Å²) in [5.74, 6) is -5.31. The highest BCUT2D eigenvalue weighted by atomic mass is 19.2. The maximum Gasteiger partial charge on any atom is 0.337 e. The van der Waals surface area contributed by atoms with Crippen LogP contribution >= 0.6 is 0 Å². The van der Waals surface area contributed by atoms with E-state index in [9.17, 15) is 23.1 Å². The number of hydrogen-bond donors (Lipinski definition) is 3. The Hall–Kier alpha value is -3.62. The Kier molecular flexibility index (Phi) is 4.70. The molecule has 3 aromatic rings. The zero-order chi connectivity index (χ0) is 18.7. The fourth-order valence-corrected chi connectivity index (χ4v) is 2.15. The van der Waals surface area contributed by atoms with Crippen LogP contribution in [0.15, 0.2) is 48.7 Å². The molecule has 0 aliphatic rings. The van der Waals surface area contributed by atoms with Crippen LogP contribution in [0.5, 0.6) is 0 Å². The molecule has 6 nitrogen and oxygen atoms in total. The van der Waals surface area contributed by atoms with Crippen LogP contribution in [0.4, 0.5) is 36.3 Å². The molecule has 0 aliphatic carbocycles. The van der Waals surface area contributed by atoms with E-state index in [0.29, 0.717) is 5.69 Å². The highest BCUT2D eigenvalue weighted by molar-refractivity contribution is 5.95. The molecule has 0 aliphatic heterocycles. The van der Waals surface area contributed by atoms with E-state index in [1.54, 1.807) is 18.2 Å². The quantitative estimate of drug-likeness (QED) is 0.595. The van der Waals surface area contributed by atoms with Gasteiger partial charge in [0.15, 0.2) is 17.5 Å². The van der Waals surface area contributed by atoms with Crippen molar-refractivity contribution in [2.24, 2.45) is 0 Å². The largest absolute Gasteiger partial charge is 0.478 e. The summed E-state index contributed by atoms with van der Waals surface area (Å²) in [5, 5.41) is 14.4. The number of anilines is 4. The Balaban J connectivity index is 1.86. The number of para-hydroxylation sites is 1. The van der Waals surface area contributed by atoms with Crippen LogP contribution in [0.1, 0.15) is 10.4 Å². The van der Waals surface area contributed by atoms with Gasteiger partial charge in [-0.25, -0.2) is 22.9 Å². The zero-order valence-corrected chi connectivity index (χ0v) is 13.0. The van der Waals surface area contributed by atoms with Gasteiger partial charge in [0.2, 0.25) is 5.95 Å². The van der Waals surface area contributed by atoms with Crippen molar-refractivity contribution in [2.45, 2.75) is 0 Å². The highest BCUT2D eigenvalue weighted by Crippen LogP contribution is 2.24. The summed E-state index contributed by atoms with van der Waals surface area (Å²) in [6.45, 7) is 0. The molecule has 2 aromatic carbocycles. The predicted octanol–water partition coefficient (Wildman–Crippen LogP) is 4.08. The summed E-state index contributed by atoms with van der Waals surface area (Å²) >= 11 is 0. The average molecular weight is 360 g/mol. The van der Waals surface area contributed by atoms with Gasteiger partial charge < -0.3 is 15.7 Å². The summed E-state index contributed by atoms with van der Waals surface area (Å²) in [5.41, 5.74) is -0.0112. The normalized spacial score (nSPS) is 10.4. The van der Waals surface area contributed by atoms with Crippen LogP contribution in [0.2, 0.25) is 0 Å². The molecule has 0 fully saturated rings. The molecule has 0 bridgehead atoms. The van der Waals surface area contributed by atoms with Crippen LogP contribution in [0.3, 0.4) is 0 Å². The Bertz CT molecular complexity index is 982. The number of carboxylic acid groups (broad SMARTS) is 1. The number of hydrogen-bond acceptors (Lipinski definition) is 5. The fourth-order valence-electron chi connectivity index (χ4n) is 2.15. The average Bonchev–Trinajstić information content (AvgIpc) is 2.63. The number of rotatable bonds is 5. The molecular weight excluding hydrogens is 349 g/mol. The Labute approximate surface area is 145 Å². The van der Waals surface area contributed by atoms with Gasteiger partial charge in [-0.2, -0.15) is 4.98 Å². The van der Waals surface area contributed by atoms with Crippen LogP contribution in [-0.4, -0.2) is 21.0 Å². The molecule has 0 saturated carbocycles. The van der Waals surface area contributed by atoms with Crippen molar-refractivity contribution in [3.05, 3.63) is 71.7 Å². The van der Waals surface area contributed by atoms with Crippen LogP contribution in [-0.2, 0) is 0 Å². The first-order valence-corrected chi connectivity index (χ1v) is 7.28. The lowest BCUT2D eigenvalue weighted by Crippen LogP contribution is -2.05. The van der Waals surface area contributed by atoms with E-state index >= 15 is 0 Å². The summed E-state index contributed by atoms with van der Waals surface area (Å²) < 4.78 is 40.0. The van der Waals surface area contributed by atoms with Gasteiger partial charge in [-0.3, -0.25) is 0 Å². The number of nitrogens with one attached hydrogen (secondary N) is 2.